The number of hydrogen-bond donors (Lipinski definition) is 1. The maximum atomic E-state index is 3.62. The van der Waals surface area contributed by atoms with Crippen LogP contribution in [-0.4, -0.2) is 36.6 Å². The average molecular weight is 252 g/mol. The summed E-state index contributed by atoms with van der Waals surface area (Å²) >= 11 is 0. The second-order valence-corrected chi connectivity index (χ2v) is 6.86. The Hall–Kier alpha value is -0.0800. The lowest BCUT2D eigenvalue weighted by Gasteiger charge is -2.52. The zero-order valence-electron chi connectivity index (χ0n) is 12.8. The minimum absolute atomic E-state index is 0.792. The average Bonchev–Trinajstić information content (AvgIpc) is 2.29. The largest absolute Gasteiger partial charge is 0.316 e. The molecule has 1 saturated carbocycles. The molecule has 1 saturated heterocycles. The van der Waals surface area contributed by atoms with Crippen LogP contribution in [0, 0.1) is 17.8 Å². The first-order chi connectivity index (χ1) is 8.63. The predicted octanol–water partition coefficient (Wildman–Crippen LogP) is 3.13. The molecule has 0 aromatic rings. The fourth-order valence-corrected chi connectivity index (χ4v) is 3.89. The number of hydrogen-bond acceptors (Lipinski definition) is 2. The van der Waals surface area contributed by atoms with E-state index in [1.165, 1.54) is 45.3 Å². The number of rotatable bonds is 5. The van der Waals surface area contributed by atoms with Crippen LogP contribution in [0.3, 0.4) is 0 Å². The molecular formula is C16H32N2. The van der Waals surface area contributed by atoms with Crippen LogP contribution in [0.1, 0.15) is 53.4 Å². The van der Waals surface area contributed by atoms with Crippen molar-refractivity contribution in [3.63, 3.8) is 0 Å². The van der Waals surface area contributed by atoms with E-state index in [1.54, 1.807) is 0 Å². The van der Waals surface area contributed by atoms with E-state index >= 15 is 0 Å². The minimum Gasteiger partial charge on any atom is -0.316 e. The summed E-state index contributed by atoms with van der Waals surface area (Å²) in [6, 6.07) is 1.66. The molecule has 1 heterocycles. The van der Waals surface area contributed by atoms with Crippen LogP contribution >= 0.6 is 0 Å². The van der Waals surface area contributed by atoms with Gasteiger partial charge in [0, 0.05) is 18.6 Å². The van der Waals surface area contributed by atoms with Crippen molar-refractivity contribution < 1.29 is 0 Å². The van der Waals surface area contributed by atoms with Gasteiger partial charge < -0.3 is 5.32 Å². The Balaban J connectivity index is 1.86. The normalized spacial score (nSPS) is 41.7. The number of likely N-dealkylation sites (tertiary alicyclic amines) is 1. The SMILES string of the molecule is CCCNCC1CCC1N1CC(C)CC(C)C1C. The third kappa shape index (κ3) is 3.08. The van der Waals surface area contributed by atoms with Gasteiger partial charge in [-0.2, -0.15) is 0 Å². The second-order valence-electron chi connectivity index (χ2n) is 6.86. The Kier molecular flexibility index (Phi) is 5.08. The molecule has 0 aromatic carbocycles. The molecular weight excluding hydrogens is 220 g/mol. The van der Waals surface area contributed by atoms with Crippen molar-refractivity contribution in [2.24, 2.45) is 17.8 Å². The third-order valence-corrected chi connectivity index (χ3v) is 5.28. The standard InChI is InChI=1S/C16H32N2/c1-5-8-17-10-15-6-7-16(15)18-11-12(2)9-13(3)14(18)4/h12-17H,5-11H2,1-4H3. The maximum Gasteiger partial charge on any atom is 0.0139 e. The second kappa shape index (κ2) is 6.38. The minimum atomic E-state index is 0.792. The molecule has 5 atom stereocenters. The van der Waals surface area contributed by atoms with E-state index in [4.69, 9.17) is 0 Å². The number of nitrogens with zero attached hydrogens (tertiary/aromatic N) is 1. The van der Waals surface area contributed by atoms with E-state index < -0.39 is 0 Å². The Morgan fingerprint density at radius 3 is 2.56 bits per heavy atom. The fraction of sp³-hybridized carbons (Fsp3) is 1.00. The molecule has 0 radical (unpaired) electrons. The van der Waals surface area contributed by atoms with Gasteiger partial charge in [0.1, 0.15) is 0 Å². The molecule has 1 aliphatic carbocycles. The molecule has 0 amide bonds. The van der Waals surface area contributed by atoms with Crippen LogP contribution in [0.2, 0.25) is 0 Å². The summed E-state index contributed by atoms with van der Waals surface area (Å²) < 4.78 is 0. The van der Waals surface area contributed by atoms with E-state index in [2.05, 4.69) is 37.9 Å². The van der Waals surface area contributed by atoms with E-state index in [1.807, 2.05) is 0 Å². The molecule has 1 N–H and O–H groups in total. The Bertz CT molecular complexity index is 253. The smallest absolute Gasteiger partial charge is 0.0139 e. The topological polar surface area (TPSA) is 15.3 Å². The van der Waals surface area contributed by atoms with Gasteiger partial charge in [-0.1, -0.05) is 20.8 Å². The van der Waals surface area contributed by atoms with Crippen molar-refractivity contribution in [2.75, 3.05) is 19.6 Å². The summed E-state index contributed by atoms with van der Waals surface area (Å²) in [5.74, 6) is 2.68. The van der Waals surface area contributed by atoms with Crippen LogP contribution in [0.4, 0.5) is 0 Å². The van der Waals surface area contributed by atoms with Crippen molar-refractivity contribution in [1.82, 2.24) is 10.2 Å². The summed E-state index contributed by atoms with van der Waals surface area (Å²) in [5, 5.41) is 3.62. The van der Waals surface area contributed by atoms with Gasteiger partial charge in [0.25, 0.3) is 0 Å². The highest BCUT2D eigenvalue weighted by Crippen LogP contribution is 2.38. The molecule has 1 aliphatic heterocycles. The van der Waals surface area contributed by atoms with Crippen LogP contribution in [0.15, 0.2) is 0 Å². The maximum absolute atomic E-state index is 3.62. The van der Waals surface area contributed by atoms with Gasteiger partial charge in [-0.15, -0.1) is 0 Å². The molecule has 0 spiro atoms. The van der Waals surface area contributed by atoms with Crippen LogP contribution < -0.4 is 5.32 Å². The highest BCUT2D eigenvalue weighted by molar-refractivity contribution is 4.95. The van der Waals surface area contributed by atoms with Crippen molar-refractivity contribution in [3.05, 3.63) is 0 Å². The first-order valence-electron chi connectivity index (χ1n) is 8.10. The molecule has 2 rings (SSSR count). The van der Waals surface area contributed by atoms with Gasteiger partial charge in [-0.05, 0) is 63.5 Å². The van der Waals surface area contributed by atoms with E-state index in [9.17, 15) is 0 Å². The first kappa shape index (κ1) is 14.3. The molecule has 5 unspecified atom stereocenters. The van der Waals surface area contributed by atoms with Gasteiger partial charge in [0.05, 0.1) is 0 Å². The Morgan fingerprint density at radius 1 is 1.17 bits per heavy atom. The van der Waals surface area contributed by atoms with Crippen molar-refractivity contribution >= 4 is 0 Å². The summed E-state index contributed by atoms with van der Waals surface area (Å²) in [7, 11) is 0. The van der Waals surface area contributed by atoms with Gasteiger partial charge in [0.2, 0.25) is 0 Å². The van der Waals surface area contributed by atoms with Gasteiger partial charge in [0.15, 0.2) is 0 Å². The van der Waals surface area contributed by atoms with Gasteiger partial charge >= 0.3 is 0 Å². The monoisotopic (exact) mass is 252 g/mol. The molecule has 106 valence electrons. The zero-order valence-corrected chi connectivity index (χ0v) is 12.8. The highest BCUT2D eigenvalue weighted by atomic mass is 15.2. The summed E-state index contributed by atoms with van der Waals surface area (Å²) in [4.78, 5) is 2.83. The number of nitrogens with one attached hydrogen (secondary N) is 1. The summed E-state index contributed by atoms with van der Waals surface area (Å²) in [6.45, 7) is 13.3. The quantitative estimate of drug-likeness (QED) is 0.756. The summed E-state index contributed by atoms with van der Waals surface area (Å²) in [5.41, 5.74) is 0. The lowest BCUT2D eigenvalue weighted by Crippen LogP contribution is -2.58. The third-order valence-electron chi connectivity index (χ3n) is 5.28. The van der Waals surface area contributed by atoms with E-state index in [0.717, 1.165) is 29.8 Å². The Morgan fingerprint density at radius 2 is 1.94 bits per heavy atom. The highest BCUT2D eigenvalue weighted by Gasteiger charge is 2.40. The first-order valence-corrected chi connectivity index (χ1v) is 8.10. The lowest BCUT2D eigenvalue weighted by molar-refractivity contribution is -0.0235. The molecule has 2 aliphatic rings. The van der Waals surface area contributed by atoms with Crippen LogP contribution in [0.25, 0.3) is 0 Å². The molecule has 2 fully saturated rings. The Labute approximate surface area is 114 Å². The van der Waals surface area contributed by atoms with Crippen molar-refractivity contribution in [1.29, 1.82) is 0 Å². The van der Waals surface area contributed by atoms with E-state index in [-0.39, 0.29) is 0 Å². The van der Waals surface area contributed by atoms with Crippen molar-refractivity contribution in [3.8, 4) is 0 Å². The van der Waals surface area contributed by atoms with Gasteiger partial charge in [-0.25, -0.2) is 0 Å². The predicted molar refractivity (Wildman–Crippen MR) is 78.8 cm³/mol. The number of piperidine rings is 1. The molecule has 2 nitrogen and oxygen atoms in total. The summed E-state index contributed by atoms with van der Waals surface area (Å²) in [6.07, 6.45) is 5.55. The molecule has 0 aromatic heterocycles. The molecule has 2 heteroatoms. The molecule has 0 bridgehead atoms. The lowest BCUT2D eigenvalue weighted by atomic mass is 9.74. The van der Waals surface area contributed by atoms with Crippen molar-refractivity contribution in [2.45, 2.75) is 65.5 Å². The van der Waals surface area contributed by atoms with Crippen LogP contribution in [0.5, 0.6) is 0 Å². The zero-order chi connectivity index (χ0) is 13.1. The van der Waals surface area contributed by atoms with Crippen LogP contribution in [-0.2, 0) is 0 Å². The van der Waals surface area contributed by atoms with E-state index in [0.29, 0.717) is 0 Å². The molecule has 18 heavy (non-hydrogen) atoms. The van der Waals surface area contributed by atoms with Gasteiger partial charge in [-0.3, -0.25) is 4.90 Å². The fourth-order valence-electron chi connectivity index (χ4n) is 3.89.